The van der Waals surface area contributed by atoms with Crippen LogP contribution in [0.2, 0.25) is 0 Å². The molecule has 2 atom stereocenters. The Balaban J connectivity index is 1.47. The van der Waals surface area contributed by atoms with E-state index in [4.69, 9.17) is 0 Å². The Morgan fingerprint density at radius 2 is 2.20 bits per heavy atom. The van der Waals surface area contributed by atoms with Crippen LogP contribution in [-0.2, 0) is 11.2 Å². The molecule has 2 heterocycles. The number of carbonyl (C=O) groups excluding carboxylic acids is 1. The quantitative estimate of drug-likeness (QED) is 0.846. The summed E-state index contributed by atoms with van der Waals surface area (Å²) in [7, 11) is 0. The number of rotatable bonds is 6. The number of nitrogens with zero attached hydrogens (tertiary/aromatic N) is 2. The van der Waals surface area contributed by atoms with Gasteiger partial charge >= 0.3 is 0 Å². The minimum absolute atomic E-state index is 0.0485. The number of hydrogen-bond donors (Lipinski definition) is 2. The second-order valence-corrected chi connectivity index (χ2v) is 6.69. The molecule has 0 saturated carbocycles. The molecule has 2 aromatic rings. The van der Waals surface area contributed by atoms with Crippen LogP contribution in [0.15, 0.2) is 36.5 Å². The molecule has 1 aliphatic rings. The largest absolute Gasteiger partial charge is 0.354 e. The van der Waals surface area contributed by atoms with Crippen molar-refractivity contribution in [1.82, 2.24) is 20.4 Å². The molecule has 0 aliphatic carbocycles. The number of piperidine rings is 1. The average molecular weight is 344 g/mol. The first-order valence-electron chi connectivity index (χ1n) is 8.89. The van der Waals surface area contributed by atoms with E-state index in [1.165, 1.54) is 12.1 Å². The number of H-pyrrole nitrogens is 1. The lowest BCUT2D eigenvalue weighted by molar-refractivity contribution is -0.126. The molecule has 6 heteroatoms. The lowest BCUT2D eigenvalue weighted by atomic mass is 9.94. The molecule has 1 aromatic heterocycles. The summed E-state index contributed by atoms with van der Waals surface area (Å²) in [4.78, 5) is 14.7. The van der Waals surface area contributed by atoms with Crippen molar-refractivity contribution in [1.29, 1.82) is 0 Å². The minimum atomic E-state index is -0.238. The molecule has 0 bridgehead atoms. The van der Waals surface area contributed by atoms with Crippen LogP contribution in [0.3, 0.4) is 0 Å². The maximum absolute atomic E-state index is 12.9. The molecule has 1 amide bonds. The Morgan fingerprint density at radius 3 is 2.92 bits per heavy atom. The lowest BCUT2D eigenvalue weighted by Gasteiger charge is -2.35. The van der Waals surface area contributed by atoms with Crippen LogP contribution in [0.5, 0.6) is 0 Å². The van der Waals surface area contributed by atoms with Gasteiger partial charge in [0.05, 0.1) is 6.04 Å². The molecule has 2 N–H and O–H groups in total. The summed E-state index contributed by atoms with van der Waals surface area (Å²) in [5.74, 6) is 0.219. The van der Waals surface area contributed by atoms with E-state index in [1.807, 2.05) is 13.0 Å². The highest BCUT2D eigenvalue weighted by Gasteiger charge is 2.28. The summed E-state index contributed by atoms with van der Waals surface area (Å²) in [6.07, 6.45) is 4.68. The number of halogens is 1. The number of carbonyl (C=O) groups is 1. The normalized spacial score (nSPS) is 19.5. The monoisotopic (exact) mass is 344 g/mol. The third-order valence-electron chi connectivity index (χ3n) is 4.97. The van der Waals surface area contributed by atoms with Crippen LogP contribution in [0.4, 0.5) is 4.39 Å². The number of amides is 1. The third kappa shape index (κ3) is 4.66. The summed E-state index contributed by atoms with van der Waals surface area (Å²) >= 11 is 0. The smallest absolute Gasteiger partial charge is 0.237 e. The molecule has 1 aliphatic heterocycles. The van der Waals surface area contributed by atoms with Crippen molar-refractivity contribution in [3.05, 3.63) is 53.6 Å². The number of benzene rings is 1. The zero-order chi connectivity index (χ0) is 17.6. The van der Waals surface area contributed by atoms with E-state index in [0.717, 1.165) is 37.2 Å². The molecule has 134 valence electrons. The van der Waals surface area contributed by atoms with Crippen molar-refractivity contribution < 1.29 is 9.18 Å². The van der Waals surface area contributed by atoms with E-state index < -0.39 is 0 Å². The molecule has 0 spiro atoms. The van der Waals surface area contributed by atoms with Crippen molar-refractivity contribution in [2.45, 2.75) is 38.1 Å². The van der Waals surface area contributed by atoms with Gasteiger partial charge < -0.3 is 5.32 Å². The minimum Gasteiger partial charge on any atom is -0.354 e. The van der Waals surface area contributed by atoms with Crippen LogP contribution < -0.4 is 5.32 Å². The molecular formula is C19H25FN4O. The van der Waals surface area contributed by atoms with Gasteiger partial charge in [-0.3, -0.25) is 14.8 Å². The standard InChI is InChI=1S/C19H25FN4O/c1-14(19(25)21-10-8-15-4-6-17(20)7-5-15)24-12-2-3-16(13-24)18-9-11-22-23-18/h4-7,9,11,14,16H,2-3,8,10,12-13H2,1H3,(H,21,25)(H,22,23)/t14-,16+/m1/s1. The van der Waals surface area contributed by atoms with Crippen molar-refractivity contribution in [2.75, 3.05) is 19.6 Å². The van der Waals surface area contributed by atoms with Gasteiger partial charge in [-0.15, -0.1) is 0 Å². The Hall–Kier alpha value is -2.21. The Kier molecular flexibility index (Phi) is 5.81. The number of hydrogen-bond acceptors (Lipinski definition) is 3. The summed E-state index contributed by atoms with van der Waals surface area (Å²) < 4.78 is 12.9. The van der Waals surface area contributed by atoms with E-state index in [2.05, 4.69) is 20.4 Å². The van der Waals surface area contributed by atoms with Crippen molar-refractivity contribution >= 4 is 5.91 Å². The van der Waals surface area contributed by atoms with Gasteiger partial charge in [0.2, 0.25) is 5.91 Å². The SMILES string of the molecule is C[C@H](C(=O)NCCc1ccc(F)cc1)N1CCC[C@H](c2ccn[nH]2)C1. The van der Waals surface area contributed by atoms with Crippen molar-refractivity contribution in [2.24, 2.45) is 0 Å². The lowest BCUT2D eigenvalue weighted by Crippen LogP contribution is -2.49. The predicted molar refractivity (Wildman–Crippen MR) is 94.7 cm³/mol. The van der Waals surface area contributed by atoms with Crippen LogP contribution in [0.1, 0.15) is 36.9 Å². The van der Waals surface area contributed by atoms with Gasteiger partial charge in [0, 0.05) is 30.9 Å². The van der Waals surface area contributed by atoms with Crippen LogP contribution in [0, 0.1) is 5.82 Å². The molecule has 0 radical (unpaired) electrons. The number of nitrogens with one attached hydrogen (secondary N) is 2. The topological polar surface area (TPSA) is 61.0 Å². The maximum Gasteiger partial charge on any atom is 0.237 e. The van der Waals surface area contributed by atoms with Crippen LogP contribution >= 0.6 is 0 Å². The van der Waals surface area contributed by atoms with E-state index in [0.29, 0.717) is 18.9 Å². The highest BCUT2D eigenvalue weighted by atomic mass is 19.1. The first-order chi connectivity index (χ1) is 12.1. The van der Waals surface area contributed by atoms with E-state index >= 15 is 0 Å². The average Bonchev–Trinajstić information content (AvgIpc) is 3.17. The summed E-state index contributed by atoms with van der Waals surface area (Å²) in [6.45, 7) is 4.33. The predicted octanol–water partition coefficient (Wildman–Crippen LogP) is 2.48. The van der Waals surface area contributed by atoms with Gasteiger partial charge in [-0.2, -0.15) is 5.10 Å². The Labute approximate surface area is 147 Å². The molecular weight excluding hydrogens is 319 g/mol. The second kappa shape index (κ2) is 8.25. The first-order valence-corrected chi connectivity index (χ1v) is 8.89. The van der Waals surface area contributed by atoms with Gasteiger partial charge in [-0.05, 0) is 56.5 Å². The van der Waals surface area contributed by atoms with E-state index in [-0.39, 0.29) is 17.8 Å². The number of aromatic amines is 1. The third-order valence-corrected chi connectivity index (χ3v) is 4.97. The fourth-order valence-corrected chi connectivity index (χ4v) is 3.40. The van der Waals surface area contributed by atoms with Crippen molar-refractivity contribution in [3.63, 3.8) is 0 Å². The summed E-state index contributed by atoms with van der Waals surface area (Å²) in [6, 6.07) is 8.27. The Bertz CT molecular complexity index is 671. The van der Waals surface area contributed by atoms with E-state index in [9.17, 15) is 9.18 Å². The zero-order valence-corrected chi connectivity index (χ0v) is 14.5. The molecule has 1 aromatic carbocycles. The van der Waals surface area contributed by atoms with Gasteiger partial charge in [-0.1, -0.05) is 12.1 Å². The molecule has 0 unspecified atom stereocenters. The molecule has 25 heavy (non-hydrogen) atoms. The summed E-state index contributed by atoms with van der Waals surface area (Å²) in [5.41, 5.74) is 2.17. The summed E-state index contributed by atoms with van der Waals surface area (Å²) in [5, 5.41) is 10.1. The van der Waals surface area contributed by atoms with Crippen LogP contribution in [0.25, 0.3) is 0 Å². The van der Waals surface area contributed by atoms with Crippen LogP contribution in [-0.4, -0.2) is 46.7 Å². The highest BCUT2D eigenvalue weighted by molar-refractivity contribution is 5.81. The zero-order valence-electron chi connectivity index (χ0n) is 14.5. The van der Waals surface area contributed by atoms with Crippen molar-refractivity contribution in [3.8, 4) is 0 Å². The fraction of sp³-hybridized carbons (Fsp3) is 0.474. The second-order valence-electron chi connectivity index (χ2n) is 6.69. The van der Waals surface area contributed by atoms with E-state index in [1.54, 1.807) is 18.3 Å². The molecule has 5 nitrogen and oxygen atoms in total. The molecule has 3 rings (SSSR count). The van der Waals surface area contributed by atoms with Gasteiger partial charge in [0.25, 0.3) is 0 Å². The fourth-order valence-electron chi connectivity index (χ4n) is 3.40. The molecule has 1 fully saturated rings. The molecule has 1 saturated heterocycles. The first kappa shape index (κ1) is 17.6. The number of likely N-dealkylation sites (tertiary alicyclic amines) is 1. The number of aromatic nitrogens is 2. The maximum atomic E-state index is 12.9. The van der Waals surface area contributed by atoms with Gasteiger partial charge in [0.15, 0.2) is 0 Å². The van der Waals surface area contributed by atoms with Gasteiger partial charge in [0.1, 0.15) is 5.82 Å². The highest BCUT2D eigenvalue weighted by Crippen LogP contribution is 2.26. The Morgan fingerprint density at radius 1 is 1.40 bits per heavy atom. The van der Waals surface area contributed by atoms with Gasteiger partial charge in [-0.25, -0.2) is 4.39 Å².